The van der Waals surface area contributed by atoms with Crippen molar-refractivity contribution in [2.75, 3.05) is 19.7 Å². The number of ether oxygens (including phenoxy) is 1. The fraction of sp³-hybridized carbons (Fsp3) is 0.625. The molecule has 0 heterocycles. The summed E-state index contributed by atoms with van der Waals surface area (Å²) in [6, 6.07) is 5.90. The van der Waals surface area contributed by atoms with E-state index in [4.69, 9.17) is 16.3 Å². The molecule has 0 fully saturated rings. The lowest BCUT2D eigenvalue weighted by atomic mass is 9.95. The van der Waals surface area contributed by atoms with E-state index >= 15 is 0 Å². The normalized spacial score (nSPS) is 11.6. The van der Waals surface area contributed by atoms with Crippen molar-refractivity contribution < 1.29 is 4.74 Å². The first-order valence-electron chi connectivity index (χ1n) is 7.10. The lowest BCUT2D eigenvalue weighted by molar-refractivity contribution is 0.176. The zero-order chi connectivity index (χ0) is 14.3. The molecule has 0 spiro atoms. The molecule has 1 aromatic rings. The SMILES string of the molecule is CCCNCC(C)(C)COc1ccc(Cl)c(CC)c1. The maximum atomic E-state index is 6.11. The van der Waals surface area contributed by atoms with Crippen LogP contribution in [-0.2, 0) is 6.42 Å². The van der Waals surface area contributed by atoms with Crippen LogP contribution in [-0.4, -0.2) is 19.7 Å². The Morgan fingerprint density at radius 2 is 2.00 bits per heavy atom. The maximum absolute atomic E-state index is 6.11. The second-order valence-electron chi connectivity index (χ2n) is 5.74. The van der Waals surface area contributed by atoms with Crippen LogP contribution in [0.15, 0.2) is 18.2 Å². The Hall–Kier alpha value is -0.730. The molecule has 3 heteroatoms. The van der Waals surface area contributed by atoms with Crippen molar-refractivity contribution in [3.8, 4) is 5.75 Å². The van der Waals surface area contributed by atoms with E-state index in [0.717, 1.165) is 42.3 Å². The van der Waals surface area contributed by atoms with Gasteiger partial charge in [0.2, 0.25) is 0 Å². The van der Waals surface area contributed by atoms with Gasteiger partial charge in [-0.25, -0.2) is 0 Å². The van der Waals surface area contributed by atoms with Crippen molar-refractivity contribution in [1.29, 1.82) is 0 Å². The monoisotopic (exact) mass is 283 g/mol. The number of hydrogen-bond acceptors (Lipinski definition) is 2. The molecule has 0 saturated heterocycles. The van der Waals surface area contributed by atoms with Gasteiger partial charge in [0.15, 0.2) is 0 Å². The van der Waals surface area contributed by atoms with Crippen LogP contribution < -0.4 is 10.1 Å². The van der Waals surface area contributed by atoms with Gasteiger partial charge in [0, 0.05) is 17.0 Å². The summed E-state index contributed by atoms with van der Waals surface area (Å²) >= 11 is 6.11. The van der Waals surface area contributed by atoms with Crippen LogP contribution in [0.25, 0.3) is 0 Å². The fourth-order valence-corrected chi connectivity index (χ4v) is 2.10. The van der Waals surface area contributed by atoms with Crippen LogP contribution in [0.5, 0.6) is 5.75 Å². The van der Waals surface area contributed by atoms with Gasteiger partial charge in [0.05, 0.1) is 6.61 Å². The predicted octanol–water partition coefficient (Wildman–Crippen LogP) is 4.31. The number of rotatable bonds is 8. The molecular weight excluding hydrogens is 258 g/mol. The Morgan fingerprint density at radius 3 is 2.63 bits per heavy atom. The number of nitrogens with one attached hydrogen (secondary N) is 1. The summed E-state index contributed by atoms with van der Waals surface area (Å²) in [6.45, 7) is 11.4. The Balaban J connectivity index is 2.51. The number of aryl methyl sites for hydroxylation is 1. The summed E-state index contributed by atoms with van der Waals surface area (Å²) < 4.78 is 5.90. The van der Waals surface area contributed by atoms with Gasteiger partial charge in [-0.2, -0.15) is 0 Å². The van der Waals surface area contributed by atoms with Crippen LogP contribution in [0.3, 0.4) is 0 Å². The van der Waals surface area contributed by atoms with Gasteiger partial charge < -0.3 is 10.1 Å². The van der Waals surface area contributed by atoms with Gasteiger partial charge in [0.1, 0.15) is 5.75 Å². The Kier molecular flexibility index (Phi) is 6.67. The first kappa shape index (κ1) is 16.3. The Morgan fingerprint density at radius 1 is 1.26 bits per heavy atom. The largest absolute Gasteiger partial charge is 0.493 e. The van der Waals surface area contributed by atoms with Crippen LogP contribution in [0.2, 0.25) is 5.02 Å². The number of halogens is 1. The molecule has 19 heavy (non-hydrogen) atoms. The molecule has 0 aliphatic heterocycles. The summed E-state index contributed by atoms with van der Waals surface area (Å²) in [5.41, 5.74) is 1.27. The minimum atomic E-state index is 0.126. The summed E-state index contributed by atoms with van der Waals surface area (Å²) in [5.74, 6) is 0.907. The highest BCUT2D eigenvalue weighted by Crippen LogP contribution is 2.24. The number of hydrogen-bond donors (Lipinski definition) is 1. The molecule has 0 aromatic heterocycles. The third-order valence-electron chi connectivity index (χ3n) is 3.06. The minimum Gasteiger partial charge on any atom is -0.493 e. The molecular formula is C16H26ClNO. The highest BCUT2D eigenvalue weighted by Gasteiger charge is 2.18. The third-order valence-corrected chi connectivity index (χ3v) is 3.43. The van der Waals surface area contributed by atoms with E-state index in [1.54, 1.807) is 0 Å². The maximum Gasteiger partial charge on any atom is 0.119 e. The molecule has 0 unspecified atom stereocenters. The van der Waals surface area contributed by atoms with E-state index < -0.39 is 0 Å². The van der Waals surface area contributed by atoms with Crippen molar-refractivity contribution >= 4 is 11.6 Å². The third kappa shape index (κ3) is 5.84. The van der Waals surface area contributed by atoms with Crippen LogP contribution in [0.1, 0.15) is 39.7 Å². The minimum absolute atomic E-state index is 0.126. The average molecular weight is 284 g/mol. The molecule has 108 valence electrons. The molecule has 1 rings (SSSR count). The topological polar surface area (TPSA) is 21.3 Å². The molecule has 0 aliphatic carbocycles. The summed E-state index contributed by atoms with van der Waals surface area (Å²) in [7, 11) is 0. The highest BCUT2D eigenvalue weighted by atomic mass is 35.5. The molecule has 1 N–H and O–H groups in total. The quantitative estimate of drug-likeness (QED) is 0.718. The van der Waals surface area contributed by atoms with E-state index in [1.807, 2.05) is 18.2 Å². The van der Waals surface area contributed by atoms with Crippen molar-refractivity contribution in [3.05, 3.63) is 28.8 Å². The molecule has 1 aromatic carbocycles. The van der Waals surface area contributed by atoms with Gasteiger partial charge in [-0.05, 0) is 43.1 Å². The lowest BCUT2D eigenvalue weighted by Crippen LogP contribution is -2.34. The van der Waals surface area contributed by atoms with Crippen LogP contribution >= 0.6 is 11.6 Å². The molecule has 0 radical (unpaired) electrons. The van der Waals surface area contributed by atoms with Gasteiger partial charge in [0.25, 0.3) is 0 Å². The molecule has 0 aliphatic rings. The fourth-order valence-electron chi connectivity index (χ4n) is 1.85. The van der Waals surface area contributed by atoms with Gasteiger partial charge >= 0.3 is 0 Å². The van der Waals surface area contributed by atoms with Crippen molar-refractivity contribution in [1.82, 2.24) is 5.32 Å². The van der Waals surface area contributed by atoms with Crippen molar-refractivity contribution in [2.45, 2.75) is 40.5 Å². The van der Waals surface area contributed by atoms with Gasteiger partial charge in [-0.3, -0.25) is 0 Å². The first-order valence-corrected chi connectivity index (χ1v) is 7.48. The molecule has 0 atom stereocenters. The first-order chi connectivity index (χ1) is 8.98. The van der Waals surface area contributed by atoms with Crippen LogP contribution in [0, 0.1) is 5.41 Å². The highest BCUT2D eigenvalue weighted by molar-refractivity contribution is 6.31. The Bertz CT molecular complexity index is 390. The average Bonchev–Trinajstić information content (AvgIpc) is 2.38. The summed E-state index contributed by atoms with van der Waals surface area (Å²) in [4.78, 5) is 0. The predicted molar refractivity (Wildman–Crippen MR) is 83.3 cm³/mol. The summed E-state index contributed by atoms with van der Waals surface area (Å²) in [6.07, 6.45) is 2.09. The molecule has 2 nitrogen and oxygen atoms in total. The van der Waals surface area contributed by atoms with Gasteiger partial charge in [-0.15, -0.1) is 0 Å². The number of benzene rings is 1. The van der Waals surface area contributed by atoms with Crippen molar-refractivity contribution in [2.24, 2.45) is 5.41 Å². The van der Waals surface area contributed by atoms with E-state index in [1.165, 1.54) is 0 Å². The van der Waals surface area contributed by atoms with E-state index in [-0.39, 0.29) is 5.41 Å². The van der Waals surface area contributed by atoms with Gasteiger partial charge in [-0.1, -0.05) is 39.3 Å². The van der Waals surface area contributed by atoms with E-state index in [2.05, 4.69) is 33.0 Å². The van der Waals surface area contributed by atoms with E-state index in [0.29, 0.717) is 6.61 Å². The summed E-state index contributed by atoms with van der Waals surface area (Å²) in [5, 5.41) is 4.26. The molecule has 0 saturated carbocycles. The zero-order valence-corrected chi connectivity index (χ0v) is 13.3. The zero-order valence-electron chi connectivity index (χ0n) is 12.6. The molecule has 0 amide bonds. The van der Waals surface area contributed by atoms with Crippen molar-refractivity contribution in [3.63, 3.8) is 0 Å². The molecule has 0 bridgehead atoms. The van der Waals surface area contributed by atoms with Crippen LogP contribution in [0.4, 0.5) is 0 Å². The second-order valence-corrected chi connectivity index (χ2v) is 6.14. The lowest BCUT2D eigenvalue weighted by Gasteiger charge is -2.25. The Labute approximate surface area is 122 Å². The smallest absolute Gasteiger partial charge is 0.119 e. The van der Waals surface area contributed by atoms with E-state index in [9.17, 15) is 0 Å². The second kappa shape index (κ2) is 7.76. The standard InChI is InChI=1S/C16H26ClNO/c1-5-9-18-11-16(3,4)12-19-14-7-8-15(17)13(6-2)10-14/h7-8,10,18H,5-6,9,11-12H2,1-4H3.